The van der Waals surface area contributed by atoms with Crippen molar-refractivity contribution < 1.29 is 27.5 Å². The number of amides is 2. The molecule has 7 nitrogen and oxygen atoms in total. The Hall–Kier alpha value is -3.20. The van der Waals surface area contributed by atoms with E-state index >= 15 is 0 Å². The van der Waals surface area contributed by atoms with E-state index < -0.39 is 29.7 Å². The number of rotatable bonds is 7. The lowest BCUT2D eigenvalue weighted by molar-refractivity contribution is -0.139. The summed E-state index contributed by atoms with van der Waals surface area (Å²) < 4.78 is 37.2. The lowest BCUT2D eigenvalue weighted by Gasteiger charge is -2.28. The van der Waals surface area contributed by atoms with Crippen molar-refractivity contribution in [3.05, 3.63) is 70.8 Å². The molecular formula is C20H21F2N3O4. The SMILES string of the molecule is CCOC(=O)C1=C(CN[C@H](C)c2ccc(F)c(F)c2)NC(=O)N[C@H]1c1ccco1. The quantitative estimate of drug-likeness (QED) is 0.616. The summed E-state index contributed by atoms with van der Waals surface area (Å²) in [5.74, 6) is -2.09. The summed E-state index contributed by atoms with van der Waals surface area (Å²) in [5, 5.41) is 8.37. The Morgan fingerprint density at radius 3 is 2.76 bits per heavy atom. The zero-order valence-corrected chi connectivity index (χ0v) is 15.9. The van der Waals surface area contributed by atoms with Gasteiger partial charge in [-0.05, 0) is 43.7 Å². The van der Waals surface area contributed by atoms with E-state index in [0.29, 0.717) is 17.0 Å². The lowest BCUT2D eigenvalue weighted by atomic mass is 9.99. The van der Waals surface area contributed by atoms with Gasteiger partial charge in [-0.2, -0.15) is 0 Å². The highest BCUT2D eigenvalue weighted by atomic mass is 19.2. The van der Waals surface area contributed by atoms with Crippen LogP contribution in [0.25, 0.3) is 0 Å². The summed E-state index contributed by atoms with van der Waals surface area (Å²) in [7, 11) is 0. The third-order valence-electron chi connectivity index (χ3n) is 4.51. The Balaban J connectivity index is 1.87. The molecule has 3 rings (SSSR count). The maximum atomic E-state index is 13.5. The lowest BCUT2D eigenvalue weighted by Crippen LogP contribution is -2.48. The molecule has 1 aliphatic heterocycles. The number of halogens is 2. The van der Waals surface area contributed by atoms with Gasteiger partial charge >= 0.3 is 12.0 Å². The maximum Gasteiger partial charge on any atom is 0.338 e. The van der Waals surface area contributed by atoms with Crippen molar-refractivity contribution in [1.82, 2.24) is 16.0 Å². The van der Waals surface area contributed by atoms with Gasteiger partial charge in [0.05, 0.1) is 18.4 Å². The van der Waals surface area contributed by atoms with Gasteiger partial charge < -0.3 is 25.1 Å². The molecule has 2 aromatic rings. The molecule has 9 heteroatoms. The molecular weight excluding hydrogens is 384 g/mol. The van der Waals surface area contributed by atoms with Crippen molar-refractivity contribution in [2.45, 2.75) is 25.9 Å². The van der Waals surface area contributed by atoms with Crippen LogP contribution in [0, 0.1) is 11.6 Å². The van der Waals surface area contributed by atoms with Gasteiger partial charge in [0, 0.05) is 18.3 Å². The van der Waals surface area contributed by atoms with Gasteiger partial charge in [-0.15, -0.1) is 0 Å². The van der Waals surface area contributed by atoms with Crippen LogP contribution in [-0.2, 0) is 9.53 Å². The molecule has 0 spiro atoms. The van der Waals surface area contributed by atoms with Gasteiger partial charge in [0.2, 0.25) is 0 Å². The van der Waals surface area contributed by atoms with Crippen LogP contribution in [0.15, 0.2) is 52.3 Å². The molecule has 1 aromatic heterocycles. The molecule has 154 valence electrons. The molecule has 0 radical (unpaired) electrons. The largest absolute Gasteiger partial charge is 0.467 e. The van der Waals surface area contributed by atoms with E-state index in [1.54, 1.807) is 26.0 Å². The molecule has 0 saturated carbocycles. The number of carbonyl (C=O) groups excluding carboxylic acids is 2. The normalized spacial score (nSPS) is 17.5. The van der Waals surface area contributed by atoms with Crippen LogP contribution in [0.4, 0.5) is 13.6 Å². The van der Waals surface area contributed by atoms with Crippen molar-refractivity contribution in [2.75, 3.05) is 13.2 Å². The summed E-state index contributed by atoms with van der Waals surface area (Å²) in [4.78, 5) is 24.7. The molecule has 1 aliphatic rings. The van der Waals surface area contributed by atoms with Crippen LogP contribution in [0.3, 0.4) is 0 Å². The highest BCUT2D eigenvalue weighted by Crippen LogP contribution is 2.28. The number of ether oxygens (including phenoxy) is 1. The van der Waals surface area contributed by atoms with E-state index in [-0.39, 0.29) is 24.8 Å². The Labute approximate surface area is 166 Å². The third-order valence-corrected chi connectivity index (χ3v) is 4.51. The van der Waals surface area contributed by atoms with Gasteiger partial charge in [-0.25, -0.2) is 18.4 Å². The first-order chi connectivity index (χ1) is 13.9. The summed E-state index contributed by atoms with van der Waals surface area (Å²) in [6.45, 7) is 3.68. The van der Waals surface area contributed by atoms with Gasteiger partial charge in [0.1, 0.15) is 11.8 Å². The molecule has 2 heterocycles. The van der Waals surface area contributed by atoms with Gasteiger partial charge in [-0.1, -0.05) is 6.07 Å². The van der Waals surface area contributed by atoms with Crippen molar-refractivity contribution in [3.63, 3.8) is 0 Å². The Bertz CT molecular complexity index is 928. The van der Waals surface area contributed by atoms with Gasteiger partial charge in [0.15, 0.2) is 11.6 Å². The first-order valence-electron chi connectivity index (χ1n) is 9.10. The number of hydrogen-bond acceptors (Lipinski definition) is 5. The van der Waals surface area contributed by atoms with E-state index in [1.165, 1.54) is 12.3 Å². The number of carbonyl (C=O) groups is 2. The zero-order chi connectivity index (χ0) is 21.0. The number of furan rings is 1. The minimum Gasteiger partial charge on any atom is -0.467 e. The molecule has 0 aliphatic carbocycles. The van der Waals surface area contributed by atoms with E-state index in [0.717, 1.165) is 12.1 Å². The molecule has 0 unspecified atom stereocenters. The second-order valence-corrected chi connectivity index (χ2v) is 6.44. The smallest absolute Gasteiger partial charge is 0.338 e. The number of hydrogen-bond donors (Lipinski definition) is 3. The standard InChI is InChI=1S/C20H21F2N3O4/c1-3-28-19(26)17-15(24-20(27)25-18(17)16-5-4-8-29-16)10-23-11(2)12-6-7-13(21)14(22)9-12/h4-9,11,18,23H,3,10H2,1-2H3,(H2,24,25,27)/t11-,18+/m1/s1. The topological polar surface area (TPSA) is 92.6 Å². The van der Waals surface area contributed by atoms with Crippen LogP contribution in [0.2, 0.25) is 0 Å². The van der Waals surface area contributed by atoms with E-state index in [1.807, 2.05) is 0 Å². The summed E-state index contributed by atoms with van der Waals surface area (Å²) >= 11 is 0. The third kappa shape index (κ3) is 4.62. The zero-order valence-electron chi connectivity index (χ0n) is 15.9. The van der Waals surface area contributed by atoms with Crippen molar-refractivity contribution in [3.8, 4) is 0 Å². The number of urea groups is 1. The van der Waals surface area contributed by atoms with E-state index in [4.69, 9.17) is 9.15 Å². The molecule has 0 fully saturated rings. The number of benzene rings is 1. The van der Waals surface area contributed by atoms with E-state index in [9.17, 15) is 18.4 Å². The molecule has 0 bridgehead atoms. The van der Waals surface area contributed by atoms with Crippen LogP contribution in [0.1, 0.15) is 37.3 Å². The van der Waals surface area contributed by atoms with Crippen LogP contribution < -0.4 is 16.0 Å². The fraction of sp³-hybridized carbons (Fsp3) is 0.300. The highest BCUT2D eigenvalue weighted by molar-refractivity contribution is 5.95. The maximum absolute atomic E-state index is 13.5. The highest BCUT2D eigenvalue weighted by Gasteiger charge is 2.35. The molecule has 29 heavy (non-hydrogen) atoms. The molecule has 2 amide bonds. The minimum atomic E-state index is -0.948. The Morgan fingerprint density at radius 2 is 2.10 bits per heavy atom. The first-order valence-corrected chi connectivity index (χ1v) is 9.10. The van der Waals surface area contributed by atoms with Crippen LogP contribution in [0.5, 0.6) is 0 Å². The summed E-state index contributed by atoms with van der Waals surface area (Å²) in [6.07, 6.45) is 1.44. The second kappa shape index (κ2) is 8.87. The average molecular weight is 405 g/mol. The summed E-state index contributed by atoms with van der Waals surface area (Å²) in [5.41, 5.74) is 1.03. The summed E-state index contributed by atoms with van der Waals surface area (Å²) in [6, 6.07) is 5.20. The number of nitrogens with one attached hydrogen (secondary N) is 3. The molecule has 2 atom stereocenters. The fourth-order valence-corrected chi connectivity index (χ4v) is 3.03. The average Bonchev–Trinajstić information content (AvgIpc) is 3.22. The van der Waals surface area contributed by atoms with Crippen molar-refractivity contribution >= 4 is 12.0 Å². The minimum absolute atomic E-state index is 0.0823. The predicted octanol–water partition coefficient (Wildman–Crippen LogP) is 3.08. The monoisotopic (exact) mass is 405 g/mol. The second-order valence-electron chi connectivity index (χ2n) is 6.44. The van der Waals surface area contributed by atoms with E-state index in [2.05, 4.69) is 16.0 Å². The fourth-order valence-electron chi connectivity index (χ4n) is 3.03. The molecule has 3 N–H and O–H groups in total. The number of esters is 1. The Kier molecular flexibility index (Phi) is 6.28. The molecule has 0 saturated heterocycles. The van der Waals surface area contributed by atoms with Crippen LogP contribution >= 0.6 is 0 Å². The molecule has 1 aromatic carbocycles. The van der Waals surface area contributed by atoms with Gasteiger partial charge in [0.25, 0.3) is 0 Å². The predicted molar refractivity (Wildman–Crippen MR) is 99.6 cm³/mol. The van der Waals surface area contributed by atoms with Crippen molar-refractivity contribution in [1.29, 1.82) is 0 Å². The van der Waals surface area contributed by atoms with Crippen LogP contribution in [-0.4, -0.2) is 25.2 Å². The van der Waals surface area contributed by atoms with Gasteiger partial charge in [-0.3, -0.25) is 0 Å². The Morgan fingerprint density at radius 1 is 1.31 bits per heavy atom. The first kappa shape index (κ1) is 20.5. The van der Waals surface area contributed by atoms with Crippen molar-refractivity contribution in [2.24, 2.45) is 0 Å².